The third kappa shape index (κ3) is 4.56. The van der Waals surface area contributed by atoms with Crippen LogP contribution in [0, 0.1) is 0 Å². The molecule has 0 radical (unpaired) electrons. The summed E-state index contributed by atoms with van der Waals surface area (Å²) >= 11 is 0. The predicted octanol–water partition coefficient (Wildman–Crippen LogP) is 5.44. The van der Waals surface area contributed by atoms with Gasteiger partial charge in [-0.3, -0.25) is 19.3 Å². The van der Waals surface area contributed by atoms with E-state index in [1.54, 1.807) is 31.2 Å². The van der Waals surface area contributed by atoms with Crippen LogP contribution in [0.1, 0.15) is 44.8 Å². The first-order valence-corrected chi connectivity index (χ1v) is 12.0. The molecule has 0 bridgehead atoms. The molecule has 0 spiro atoms. The van der Waals surface area contributed by atoms with E-state index in [9.17, 15) is 14.4 Å². The summed E-state index contributed by atoms with van der Waals surface area (Å²) < 4.78 is 0. The molecule has 0 unspecified atom stereocenters. The smallest absolute Gasteiger partial charge is 0.262 e. The van der Waals surface area contributed by atoms with Gasteiger partial charge in [0, 0.05) is 0 Å². The van der Waals surface area contributed by atoms with Crippen LogP contribution in [0.5, 0.6) is 0 Å². The van der Waals surface area contributed by atoms with Crippen molar-refractivity contribution in [3.8, 4) is 11.1 Å². The summed E-state index contributed by atoms with van der Waals surface area (Å²) in [7, 11) is 0. The quantitative estimate of drug-likeness (QED) is 0.363. The Labute approximate surface area is 210 Å². The van der Waals surface area contributed by atoms with E-state index in [2.05, 4.69) is 17.4 Å². The van der Waals surface area contributed by atoms with E-state index in [1.165, 1.54) is 0 Å². The lowest BCUT2D eigenvalue weighted by Crippen LogP contribution is -2.48. The lowest BCUT2D eigenvalue weighted by Gasteiger charge is -2.26. The van der Waals surface area contributed by atoms with Crippen LogP contribution in [0.4, 0.5) is 0 Å². The molecule has 2 atom stereocenters. The van der Waals surface area contributed by atoms with Crippen molar-refractivity contribution in [2.45, 2.75) is 25.4 Å². The first-order valence-electron chi connectivity index (χ1n) is 12.0. The SMILES string of the molecule is C[C@@H](C(=O)N[C@@H](Cc1ccccc1)c1ccc(-c2ccccc2)cc1)N1C(=O)c2ccccc2C1=O. The minimum absolute atomic E-state index is 0.331. The number of nitrogens with zero attached hydrogens (tertiary/aromatic N) is 1. The molecule has 4 aromatic rings. The van der Waals surface area contributed by atoms with E-state index >= 15 is 0 Å². The Kier molecular flexibility index (Phi) is 6.46. The number of hydrogen-bond donors (Lipinski definition) is 1. The van der Waals surface area contributed by atoms with Crippen molar-refractivity contribution in [3.63, 3.8) is 0 Å². The molecular formula is C31H26N2O3. The Morgan fingerprint density at radius 1 is 0.694 bits per heavy atom. The molecule has 5 heteroatoms. The molecule has 0 aliphatic carbocycles. The zero-order chi connectivity index (χ0) is 25.1. The van der Waals surface area contributed by atoms with Crippen LogP contribution in [0.15, 0.2) is 109 Å². The van der Waals surface area contributed by atoms with Crippen molar-refractivity contribution in [1.82, 2.24) is 10.2 Å². The number of hydrogen-bond acceptors (Lipinski definition) is 3. The number of benzene rings is 4. The molecule has 36 heavy (non-hydrogen) atoms. The standard InChI is InChI=1S/C31H26N2O3/c1-21(33-30(35)26-14-8-9-15-27(26)31(33)36)29(34)32-28(20-22-10-4-2-5-11-22)25-18-16-24(17-19-25)23-12-6-3-7-13-23/h2-19,21,28H,20H2,1H3,(H,32,34)/t21-,28-/m0/s1. The lowest BCUT2D eigenvalue weighted by atomic mass is 9.96. The van der Waals surface area contributed by atoms with E-state index in [1.807, 2.05) is 72.8 Å². The summed E-state index contributed by atoms with van der Waals surface area (Å²) in [6, 6.07) is 33.5. The van der Waals surface area contributed by atoms with Crippen LogP contribution in [-0.4, -0.2) is 28.7 Å². The van der Waals surface area contributed by atoms with Gasteiger partial charge in [-0.05, 0) is 47.7 Å². The minimum Gasteiger partial charge on any atom is -0.347 e. The van der Waals surface area contributed by atoms with Crippen molar-refractivity contribution in [2.24, 2.45) is 0 Å². The average Bonchev–Trinajstić information content (AvgIpc) is 3.18. The van der Waals surface area contributed by atoms with Crippen LogP contribution in [-0.2, 0) is 11.2 Å². The summed E-state index contributed by atoms with van der Waals surface area (Å²) in [4.78, 5) is 40.2. The Hall–Kier alpha value is -4.51. The lowest BCUT2D eigenvalue weighted by molar-refractivity contribution is -0.125. The molecule has 1 aliphatic heterocycles. The Morgan fingerprint density at radius 3 is 1.78 bits per heavy atom. The number of fused-ring (bicyclic) bond motifs is 1. The molecule has 5 rings (SSSR count). The summed E-state index contributed by atoms with van der Waals surface area (Å²) in [5.41, 5.74) is 4.89. The molecule has 4 aromatic carbocycles. The van der Waals surface area contributed by atoms with Gasteiger partial charge in [0.05, 0.1) is 17.2 Å². The zero-order valence-electron chi connectivity index (χ0n) is 19.9. The maximum Gasteiger partial charge on any atom is 0.262 e. The van der Waals surface area contributed by atoms with Crippen molar-refractivity contribution < 1.29 is 14.4 Å². The van der Waals surface area contributed by atoms with Gasteiger partial charge in [0.25, 0.3) is 11.8 Å². The number of rotatable bonds is 7. The second kappa shape index (κ2) is 10.0. The van der Waals surface area contributed by atoms with E-state index in [0.29, 0.717) is 17.5 Å². The van der Waals surface area contributed by atoms with E-state index in [-0.39, 0.29) is 11.9 Å². The van der Waals surface area contributed by atoms with Crippen molar-refractivity contribution in [2.75, 3.05) is 0 Å². The molecular weight excluding hydrogens is 448 g/mol. The minimum atomic E-state index is -0.945. The van der Waals surface area contributed by atoms with Crippen LogP contribution in [0.25, 0.3) is 11.1 Å². The first-order chi connectivity index (χ1) is 17.5. The Bertz CT molecular complexity index is 1360. The molecule has 0 aromatic heterocycles. The van der Waals surface area contributed by atoms with Crippen LogP contribution in [0.3, 0.4) is 0 Å². The van der Waals surface area contributed by atoms with Gasteiger partial charge in [-0.25, -0.2) is 0 Å². The fraction of sp³-hybridized carbons (Fsp3) is 0.129. The van der Waals surface area contributed by atoms with Crippen LogP contribution < -0.4 is 5.32 Å². The highest BCUT2D eigenvalue weighted by Crippen LogP contribution is 2.27. The van der Waals surface area contributed by atoms with Crippen LogP contribution in [0.2, 0.25) is 0 Å². The molecule has 0 saturated carbocycles. The monoisotopic (exact) mass is 474 g/mol. The third-order valence-corrected chi connectivity index (χ3v) is 6.61. The largest absolute Gasteiger partial charge is 0.347 e. The van der Waals surface area contributed by atoms with Gasteiger partial charge in [-0.1, -0.05) is 97.1 Å². The molecule has 1 heterocycles. The third-order valence-electron chi connectivity index (χ3n) is 6.61. The van der Waals surface area contributed by atoms with Crippen molar-refractivity contribution in [1.29, 1.82) is 0 Å². The predicted molar refractivity (Wildman–Crippen MR) is 139 cm³/mol. The Morgan fingerprint density at radius 2 is 1.19 bits per heavy atom. The topological polar surface area (TPSA) is 66.5 Å². The normalized spacial score (nSPS) is 14.3. The fourth-order valence-corrected chi connectivity index (χ4v) is 4.61. The van der Waals surface area contributed by atoms with Crippen molar-refractivity contribution >= 4 is 17.7 Å². The summed E-state index contributed by atoms with van der Waals surface area (Å²) in [5, 5.41) is 3.10. The number of carbonyl (C=O) groups excluding carboxylic acids is 3. The summed E-state index contributed by atoms with van der Waals surface area (Å²) in [5.74, 6) is -1.26. The van der Waals surface area contributed by atoms with Gasteiger partial charge in [0.15, 0.2) is 0 Å². The van der Waals surface area contributed by atoms with E-state index in [0.717, 1.165) is 27.2 Å². The van der Waals surface area contributed by atoms with Gasteiger partial charge in [-0.2, -0.15) is 0 Å². The van der Waals surface area contributed by atoms with Crippen LogP contribution >= 0.6 is 0 Å². The highest BCUT2D eigenvalue weighted by molar-refractivity contribution is 6.22. The second-order valence-electron chi connectivity index (χ2n) is 8.94. The van der Waals surface area contributed by atoms with Gasteiger partial charge in [0.2, 0.25) is 5.91 Å². The molecule has 3 amide bonds. The fourth-order valence-electron chi connectivity index (χ4n) is 4.61. The van der Waals surface area contributed by atoms with Gasteiger partial charge >= 0.3 is 0 Å². The molecule has 5 nitrogen and oxygen atoms in total. The average molecular weight is 475 g/mol. The van der Waals surface area contributed by atoms with Gasteiger partial charge < -0.3 is 5.32 Å². The molecule has 0 saturated heterocycles. The maximum atomic E-state index is 13.4. The number of nitrogens with one attached hydrogen (secondary N) is 1. The highest BCUT2D eigenvalue weighted by atomic mass is 16.2. The number of amides is 3. The molecule has 0 fully saturated rings. The first kappa shape index (κ1) is 23.2. The van der Waals surface area contributed by atoms with Crippen molar-refractivity contribution in [3.05, 3.63) is 131 Å². The highest BCUT2D eigenvalue weighted by Gasteiger charge is 2.41. The zero-order valence-corrected chi connectivity index (χ0v) is 19.9. The van der Waals surface area contributed by atoms with Gasteiger partial charge in [0.1, 0.15) is 6.04 Å². The Balaban J connectivity index is 1.39. The maximum absolute atomic E-state index is 13.4. The summed E-state index contributed by atoms with van der Waals surface area (Å²) in [6.45, 7) is 1.59. The van der Waals surface area contributed by atoms with Gasteiger partial charge in [-0.15, -0.1) is 0 Å². The molecule has 178 valence electrons. The summed E-state index contributed by atoms with van der Waals surface area (Å²) in [6.07, 6.45) is 0.575. The number of imide groups is 1. The second-order valence-corrected chi connectivity index (χ2v) is 8.94. The molecule has 1 N–H and O–H groups in total. The molecule has 1 aliphatic rings. The van der Waals surface area contributed by atoms with E-state index in [4.69, 9.17) is 0 Å². The van der Waals surface area contributed by atoms with E-state index < -0.39 is 17.9 Å². The number of carbonyl (C=O) groups is 3.